The minimum absolute atomic E-state index is 0.0595. The normalized spacial score (nSPS) is 13.1. The zero-order valence-corrected chi connectivity index (χ0v) is 19.5. The first-order chi connectivity index (χ1) is 14.1. The molecule has 0 bridgehead atoms. The number of hydrogen-bond donors (Lipinski definition) is 2. The number of unbranched alkanes of at least 4 members (excludes halogenated alkanes) is 13. The van der Waals surface area contributed by atoms with Crippen molar-refractivity contribution in [3.05, 3.63) is 23.8 Å². The molecular weight excluding hydrogens is 358 g/mol. The third kappa shape index (κ3) is 10.8. The van der Waals surface area contributed by atoms with Gasteiger partial charge in [-0.25, -0.2) is 0 Å². The standard InChI is InChI=1S/C26H47NO2/c1-4-6-8-9-10-11-12-13-14-15-16-17-18-20-24(23(3)19-7-5-2)27-25(28)21-22-26(27)29/h19,21-22,24,28-29H,4-18,20H2,1-3H3. The largest absolute Gasteiger partial charge is 0.494 e. The van der Waals surface area contributed by atoms with Crippen LogP contribution in [0.5, 0.6) is 11.8 Å². The zero-order valence-electron chi connectivity index (χ0n) is 19.5. The van der Waals surface area contributed by atoms with Gasteiger partial charge in [0.1, 0.15) is 0 Å². The molecule has 1 aromatic heterocycles. The fourth-order valence-corrected chi connectivity index (χ4v) is 4.17. The third-order valence-corrected chi connectivity index (χ3v) is 6.05. The first-order valence-electron chi connectivity index (χ1n) is 12.4. The lowest BCUT2D eigenvalue weighted by Crippen LogP contribution is -2.10. The predicted octanol–water partition coefficient (Wildman–Crippen LogP) is 8.67. The molecule has 0 fully saturated rings. The molecule has 2 N–H and O–H groups in total. The first kappa shape index (κ1) is 25.7. The van der Waals surface area contributed by atoms with Gasteiger partial charge in [0, 0.05) is 12.1 Å². The van der Waals surface area contributed by atoms with E-state index in [1.807, 2.05) is 0 Å². The van der Waals surface area contributed by atoms with Crippen molar-refractivity contribution in [3.63, 3.8) is 0 Å². The smallest absolute Gasteiger partial charge is 0.194 e. The zero-order chi connectivity index (χ0) is 21.3. The van der Waals surface area contributed by atoms with E-state index in [0.717, 1.165) is 25.7 Å². The number of rotatable bonds is 18. The molecule has 1 atom stereocenters. The van der Waals surface area contributed by atoms with E-state index in [-0.39, 0.29) is 17.8 Å². The van der Waals surface area contributed by atoms with E-state index in [1.165, 1.54) is 82.6 Å². The average molecular weight is 406 g/mol. The minimum atomic E-state index is 0.0595. The van der Waals surface area contributed by atoms with Gasteiger partial charge in [-0.1, -0.05) is 115 Å². The maximum absolute atomic E-state index is 10.2. The summed E-state index contributed by atoms with van der Waals surface area (Å²) in [5, 5.41) is 20.3. The van der Waals surface area contributed by atoms with Crippen molar-refractivity contribution < 1.29 is 10.2 Å². The van der Waals surface area contributed by atoms with Crippen molar-refractivity contribution in [2.45, 2.75) is 130 Å². The Kier molecular flexibility index (Phi) is 14.5. The van der Waals surface area contributed by atoms with Crippen LogP contribution in [0, 0.1) is 0 Å². The lowest BCUT2D eigenvalue weighted by atomic mass is 9.98. The van der Waals surface area contributed by atoms with Crippen molar-refractivity contribution in [3.8, 4) is 11.8 Å². The summed E-state index contributed by atoms with van der Waals surface area (Å²) < 4.78 is 1.68. The molecule has 0 aliphatic heterocycles. The van der Waals surface area contributed by atoms with Gasteiger partial charge in [0.15, 0.2) is 11.8 Å². The molecule has 3 heteroatoms. The van der Waals surface area contributed by atoms with Gasteiger partial charge in [-0.15, -0.1) is 0 Å². The fraction of sp³-hybridized carbons (Fsp3) is 0.769. The summed E-state index contributed by atoms with van der Waals surface area (Å²) in [6.07, 6.45) is 23.0. The molecule has 3 nitrogen and oxygen atoms in total. The van der Waals surface area contributed by atoms with Crippen LogP contribution >= 0.6 is 0 Å². The van der Waals surface area contributed by atoms with Crippen molar-refractivity contribution in [2.75, 3.05) is 0 Å². The molecule has 1 aromatic rings. The lowest BCUT2D eigenvalue weighted by Gasteiger charge is -2.22. The van der Waals surface area contributed by atoms with Crippen molar-refractivity contribution in [1.82, 2.24) is 4.57 Å². The molecule has 29 heavy (non-hydrogen) atoms. The molecule has 0 aliphatic carbocycles. The number of aromatic nitrogens is 1. The molecule has 0 spiro atoms. The summed E-state index contributed by atoms with van der Waals surface area (Å²) in [5.74, 6) is 0.317. The highest BCUT2D eigenvalue weighted by molar-refractivity contribution is 5.28. The first-order valence-corrected chi connectivity index (χ1v) is 12.4. The Morgan fingerprint density at radius 1 is 0.759 bits per heavy atom. The summed E-state index contributed by atoms with van der Waals surface area (Å²) in [4.78, 5) is 0. The van der Waals surface area contributed by atoms with Crippen LogP contribution in [0.25, 0.3) is 0 Å². The molecule has 0 aliphatic rings. The van der Waals surface area contributed by atoms with Crippen LogP contribution in [0.3, 0.4) is 0 Å². The average Bonchev–Trinajstić information content (AvgIpc) is 3.04. The van der Waals surface area contributed by atoms with Gasteiger partial charge >= 0.3 is 0 Å². The Morgan fingerprint density at radius 2 is 1.21 bits per heavy atom. The van der Waals surface area contributed by atoms with Gasteiger partial charge in [0.25, 0.3) is 0 Å². The molecule has 0 aromatic carbocycles. The van der Waals surface area contributed by atoms with E-state index in [1.54, 1.807) is 16.7 Å². The van der Waals surface area contributed by atoms with Crippen LogP contribution in [0.1, 0.15) is 130 Å². The molecule has 168 valence electrons. The molecule has 0 saturated heterocycles. The molecular formula is C26H47NO2. The van der Waals surface area contributed by atoms with Crippen molar-refractivity contribution in [2.24, 2.45) is 0 Å². The van der Waals surface area contributed by atoms with Crippen molar-refractivity contribution >= 4 is 0 Å². The number of hydrogen-bond acceptors (Lipinski definition) is 2. The van der Waals surface area contributed by atoms with Gasteiger partial charge in [-0.2, -0.15) is 0 Å². The Balaban J connectivity index is 2.22. The van der Waals surface area contributed by atoms with E-state index in [0.29, 0.717) is 0 Å². The van der Waals surface area contributed by atoms with Gasteiger partial charge in [0.05, 0.1) is 6.04 Å². The number of nitrogens with zero attached hydrogens (tertiary/aromatic N) is 1. The SMILES string of the molecule is CCCC=C(C)C(CCCCCCCCCCCCCCC)n1c(O)ccc1O. The van der Waals surface area contributed by atoms with Crippen LogP contribution in [0.15, 0.2) is 23.8 Å². The second kappa shape index (κ2) is 16.4. The lowest BCUT2D eigenvalue weighted by molar-refractivity contribution is 0.336. The van der Waals surface area contributed by atoms with Crippen LogP contribution in [0.4, 0.5) is 0 Å². The topological polar surface area (TPSA) is 45.4 Å². The second-order valence-electron chi connectivity index (χ2n) is 8.70. The van der Waals surface area contributed by atoms with Crippen molar-refractivity contribution in [1.29, 1.82) is 0 Å². The van der Waals surface area contributed by atoms with Crippen LogP contribution in [-0.2, 0) is 0 Å². The highest BCUT2D eigenvalue weighted by atomic mass is 16.3. The molecule has 0 saturated carbocycles. The van der Waals surface area contributed by atoms with E-state index in [2.05, 4.69) is 26.8 Å². The number of allylic oxidation sites excluding steroid dienone is 2. The second-order valence-corrected chi connectivity index (χ2v) is 8.70. The minimum Gasteiger partial charge on any atom is -0.494 e. The summed E-state index contributed by atoms with van der Waals surface area (Å²) in [6.45, 7) is 6.58. The molecule has 0 radical (unpaired) electrons. The fourth-order valence-electron chi connectivity index (χ4n) is 4.17. The summed E-state index contributed by atoms with van der Waals surface area (Å²) in [7, 11) is 0. The number of aromatic hydroxyl groups is 2. The third-order valence-electron chi connectivity index (χ3n) is 6.05. The molecule has 1 rings (SSSR count). The monoisotopic (exact) mass is 405 g/mol. The highest BCUT2D eigenvalue weighted by Crippen LogP contribution is 2.34. The molecule has 1 heterocycles. The van der Waals surface area contributed by atoms with Gasteiger partial charge in [0.2, 0.25) is 0 Å². The quantitative estimate of drug-likeness (QED) is 0.189. The van der Waals surface area contributed by atoms with Gasteiger partial charge < -0.3 is 10.2 Å². The maximum Gasteiger partial charge on any atom is 0.194 e. The Hall–Kier alpha value is -1.38. The predicted molar refractivity (Wildman–Crippen MR) is 126 cm³/mol. The molecule has 1 unspecified atom stereocenters. The Bertz CT molecular complexity index is 527. The summed E-state index contributed by atoms with van der Waals surface area (Å²) in [5.41, 5.74) is 1.24. The van der Waals surface area contributed by atoms with Gasteiger partial charge in [-0.3, -0.25) is 4.57 Å². The van der Waals surface area contributed by atoms with Gasteiger partial charge in [-0.05, 0) is 19.8 Å². The highest BCUT2D eigenvalue weighted by Gasteiger charge is 2.18. The summed E-state index contributed by atoms with van der Waals surface area (Å²) >= 11 is 0. The van der Waals surface area contributed by atoms with Crippen LogP contribution in [0.2, 0.25) is 0 Å². The Morgan fingerprint density at radius 3 is 1.66 bits per heavy atom. The van der Waals surface area contributed by atoms with E-state index < -0.39 is 0 Å². The molecule has 0 amide bonds. The van der Waals surface area contributed by atoms with E-state index in [9.17, 15) is 10.2 Å². The Labute approximate surface area is 180 Å². The van der Waals surface area contributed by atoms with Crippen LogP contribution in [-0.4, -0.2) is 14.8 Å². The van der Waals surface area contributed by atoms with E-state index >= 15 is 0 Å². The van der Waals surface area contributed by atoms with E-state index in [4.69, 9.17) is 0 Å². The summed E-state index contributed by atoms with van der Waals surface area (Å²) in [6, 6.07) is 3.22. The maximum atomic E-state index is 10.2. The van der Waals surface area contributed by atoms with Crippen LogP contribution < -0.4 is 0 Å².